The molecule has 0 amide bonds. The first-order valence-electron chi connectivity index (χ1n) is 8.73. The number of para-hydroxylation sites is 1. The van der Waals surface area contributed by atoms with Crippen molar-refractivity contribution in [3.8, 4) is 17.6 Å². The number of carboxylic acid groups (broad SMARTS) is 1. The topological polar surface area (TPSA) is 70.3 Å². The molecule has 0 heterocycles. The van der Waals surface area contributed by atoms with E-state index in [4.69, 9.17) is 4.74 Å². The lowest BCUT2D eigenvalue weighted by atomic mass is 9.78. The van der Waals surface area contributed by atoms with Gasteiger partial charge in [-0.1, -0.05) is 50.3 Å². The summed E-state index contributed by atoms with van der Waals surface area (Å²) >= 11 is 6.65. The first-order valence-corrected chi connectivity index (χ1v) is 10.3. The smallest absolute Gasteiger partial charge is 0.312 e. The zero-order valence-corrected chi connectivity index (χ0v) is 18.6. The molecule has 1 N–H and O–H groups in total. The lowest BCUT2D eigenvalue weighted by Gasteiger charge is -2.22. The standard InChI is InChI=1S/C22H19Br2NO3/c1-21(2)18(12-19(23)24)22(21,20(26)27)17(13-25)14-7-6-10-16(11-14)28-15-8-4-3-5-9-15/h3-12,17-18H,1-2H3,(H,26,27)/t17?,18?,22-/m1/s1. The first kappa shape index (κ1) is 20.6. The second-order valence-corrected chi connectivity index (χ2v) is 10.2. The van der Waals surface area contributed by atoms with Crippen LogP contribution in [0.5, 0.6) is 11.5 Å². The second-order valence-electron chi connectivity index (χ2n) is 7.38. The van der Waals surface area contributed by atoms with Gasteiger partial charge in [0, 0.05) is 5.92 Å². The van der Waals surface area contributed by atoms with Gasteiger partial charge in [-0.25, -0.2) is 0 Å². The molecule has 1 aliphatic carbocycles. The Kier molecular flexibility index (Phi) is 5.69. The van der Waals surface area contributed by atoms with E-state index in [1.54, 1.807) is 24.3 Å². The normalized spacial score (nSPS) is 23.2. The third-order valence-corrected chi connectivity index (χ3v) is 6.18. The highest BCUT2D eigenvalue weighted by Crippen LogP contribution is 2.75. The van der Waals surface area contributed by atoms with Gasteiger partial charge in [0.05, 0.1) is 15.4 Å². The largest absolute Gasteiger partial charge is 0.481 e. The van der Waals surface area contributed by atoms with Crippen molar-refractivity contribution >= 4 is 37.8 Å². The third-order valence-electron chi connectivity index (χ3n) is 5.65. The summed E-state index contributed by atoms with van der Waals surface area (Å²) in [6.45, 7) is 3.78. The molecule has 2 unspecified atom stereocenters. The third kappa shape index (κ3) is 3.38. The van der Waals surface area contributed by atoms with Gasteiger partial charge in [-0.2, -0.15) is 5.26 Å². The Morgan fingerprint density at radius 3 is 2.39 bits per heavy atom. The van der Waals surface area contributed by atoms with E-state index < -0.39 is 22.7 Å². The summed E-state index contributed by atoms with van der Waals surface area (Å²) in [7, 11) is 0. The molecule has 0 spiro atoms. The number of allylic oxidation sites excluding steroid dienone is 1. The number of halogens is 2. The maximum Gasteiger partial charge on any atom is 0.312 e. The molecule has 6 heteroatoms. The Morgan fingerprint density at radius 2 is 1.82 bits per heavy atom. The summed E-state index contributed by atoms with van der Waals surface area (Å²) in [5, 5.41) is 20.1. The summed E-state index contributed by atoms with van der Waals surface area (Å²) in [4.78, 5) is 12.4. The van der Waals surface area contributed by atoms with E-state index in [0.29, 0.717) is 20.5 Å². The lowest BCUT2D eigenvalue weighted by Crippen LogP contribution is -2.28. The van der Waals surface area contributed by atoms with Crippen molar-refractivity contribution in [2.45, 2.75) is 19.8 Å². The Labute approximate surface area is 181 Å². The number of nitrogens with zero attached hydrogens (tertiary/aromatic N) is 1. The van der Waals surface area contributed by atoms with E-state index in [-0.39, 0.29) is 5.92 Å². The molecule has 2 aromatic carbocycles. The molecule has 144 valence electrons. The monoisotopic (exact) mass is 503 g/mol. The quantitative estimate of drug-likeness (QED) is 0.491. The molecule has 2 aromatic rings. The van der Waals surface area contributed by atoms with Gasteiger partial charge in [0.15, 0.2) is 0 Å². The minimum atomic E-state index is -1.22. The number of hydrogen-bond acceptors (Lipinski definition) is 3. The molecule has 0 saturated heterocycles. The Bertz CT molecular complexity index is 961. The van der Waals surface area contributed by atoms with Crippen LogP contribution in [0.25, 0.3) is 0 Å². The molecule has 4 nitrogen and oxygen atoms in total. The molecule has 3 rings (SSSR count). The summed E-state index contributed by atoms with van der Waals surface area (Å²) < 4.78 is 6.55. The van der Waals surface area contributed by atoms with E-state index in [0.717, 1.165) is 0 Å². The van der Waals surface area contributed by atoms with Crippen LogP contribution < -0.4 is 4.74 Å². The van der Waals surface area contributed by atoms with E-state index in [1.807, 2.05) is 50.3 Å². The van der Waals surface area contributed by atoms with Gasteiger partial charge < -0.3 is 9.84 Å². The maximum absolute atomic E-state index is 12.4. The van der Waals surface area contributed by atoms with Gasteiger partial charge >= 0.3 is 5.97 Å². The van der Waals surface area contributed by atoms with Gasteiger partial charge in [-0.05, 0) is 67.1 Å². The van der Waals surface area contributed by atoms with Crippen LogP contribution in [0.2, 0.25) is 0 Å². The zero-order valence-electron chi connectivity index (χ0n) is 15.4. The zero-order chi connectivity index (χ0) is 20.5. The second kappa shape index (κ2) is 7.73. The van der Waals surface area contributed by atoms with Crippen molar-refractivity contribution in [2.24, 2.45) is 16.7 Å². The number of carboxylic acids is 1. The predicted octanol–water partition coefficient (Wildman–Crippen LogP) is 6.44. The van der Waals surface area contributed by atoms with Crippen molar-refractivity contribution in [3.63, 3.8) is 0 Å². The van der Waals surface area contributed by atoms with Gasteiger partial charge in [0.1, 0.15) is 16.9 Å². The number of hydrogen-bond donors (Lipinski definition) is 1. The van der Waals surface area contributed by atoms with Gasteiger partial charge in [0.25, 0.3) is 0 Å². The summed E-state index contributed by atoms with van der Waals surface area (Å²) in [6.07, 6.45) is 1.82. The van der Waals surface area contributed by atoms with Crippen LogP contribution in [-0.4, -0.2) is 11.1 Å². The van der Waals surface area contributed by atoms with Gasteiger partial charge in [0.2, 0.25) is 0 Å². The average Bonchev–Trinajstić information content (AvgIpc) is 3.12. The molecule has 1 aliphatic rings. The molecule has 0 aromatic heterocycles. The molecular formula is C22H19Br2NO3. The predicted molar refractivity (Wildman–Crippen MR) is 115 cm³/mol. The van der Waals surface area contributed by atoms with Crippen LogP contribution in [0.15, 0.2) is 64.1 Å². The average molecular weight is 505 g/mol. The first-order chi connectivity index (χ1) is 13.2. The summed E-state index contributed by atoms with van der Waals surface area (Å²) in [5.74, 6) is -0.843. The van der Waals surface area contributed by atoms with Crippen LogP contribution in [-0.2, 0) is 4.79 Å². The van der Waals surface area contributed by atoms with Crippen LogP contribution >= 0.6 is 31.9 Å². The van der Waals surface area contributed by atoms with Crippen LogP contribution in [0, 0.1) is 28.1 Å². The Morgan fingerprint density at radius 1 is 1.18 bits per heavy atom. The lowest BCUT2D eigenvalue weighted by molar-refractivity contribution is -0.145. The van der Waals surface area contributed by atoms with Crippen molar-refractivity contribution in [2.75, 3.05) is 0 Å². The van der Waals surface area contributed by atoms with Crippen molar-refractivity contribution in [3.05, 3.63) is 69.6 Å². The molecular weight excluding hydrogens is 486 g/mol. The van der Waals surface area contributed by atoms with Gasteiger partial charge in [-0.3, -0.25) is 4.79 Å². The minimum absolute atomic E-state index is 0.297. The fourth-order valence-electron chi connectivity index (χ4n) is 4.21. The minimum Gasteiger partial charge on any atom is -0.481 e. The highest BCUT2D eigenvalue weighted by atomic mass is 79.9. The Hall–Kier alpha value is -2.10. The number of benzene rings is 2. The van der Waals surface area contributed by atoms with Crippen molar-refractivity contribution in [1.29, 1.82) is 5.26 Å². The summed E-state index contributed by atoms with van der Waals surface area (Å²) in [6, 6.07) is 18.7. The van der Waals surface area contributed by atoms with E-state index in [1.165, 1.54) is 0 Å². The molecule has 0 bridgehead atoms. The Balaban J connectivity index is 2.01. The highest BCUT2D eigenvalue weighted by Gasteiger charge is 2.78. The molecule has 0 aliphatic heterocycles. The number of rotatable bonds is 6. The molecule has 3 atom stereocenters. The van der Waals surface area contributed by atoms with E-state index in [2.05, 4.69) is 37.9 Å². The van der Waals surface area contributed by atoms with Crippen LogP contribution in [0.4, 0.5) is 0 Å². The van der Waals surface area contributed by atoms with Crippen LogP contribution in [0.1, 0.15) is 25.3 Å². The SMILES string of the molecule is CC1(C)C(C=C(Br)Br)[C@@]1(C(=O)O)C(C#N)c1cccc(Oc2ccccc2)c1. The number of carbonyl (C=O) groups is 1. The molecule has 28 heavy (non-hydrogen) atoms. The van der Waals surface area contributed by atoms with Crippen LogP contribution in [0.3, 0.4) is 0 Å². The van der Waals surface area contributed by atoms with E-state index in [9.17, 15) is 15.2 Å². The number of nitriles is 1. The highest BCUT2D eigenvalue weighted by molar-refractivity contribution is 9.28. The van der Waals surface area contributed by atoms with Crippen molar-refractivity contribution < 1.29 is 14.6 Å². The van der Waals surface area contributed by atoms with Crippen molar-refractivity contribution in [1.82, 2.24) is 0 Å². The fourth-order valence-corrected chi connectivity index (χ4v) is 4.74. The summed E-state index contributed by atoms with van der Waals surface area (Å²) in [5.41, 5.74) is -1.17. The van der Waals surface area contributed by atoms with Gasteiger partial charge in [-0.15, -0.1) is 0 Å². The van der Waals surface area contributed by atoms with E-state index >= 15 is 0 Å². The molecule has 1 saturated carbocycles. The molecule has 0 radical (unpaired) electrons. The molecule has 1 fully saturated rings. The number of ether oxygens (including phenoxy) is 1. The fraction of sp³-hybridized carbons (Fsp3) is 0.273. The number of aliphatic carboxylic acids is 1. The maximum atomic E-state index is 12.4.